The van der Waals surface area contributed by atoms with Gasteiger partial charge in [0.2, 0.25) is 0 Å². The summed E-state index contributed by atoms with van der Waals surface area (Å²) in [6.45, 7) is 1.61. The van der Waals surface area contributed by atoms with Crippen molar-refractivity contribution in [3.8, 4) is 0 Å². The fraction of sp³-hybridized carbons (Fsp3) is 0.571. The Bertz CT molecular complexity index is 419. The molecule has 1 saturated heterocycles. The molecule has 1 aliphatic heterocycles. The maximum atomic E-state index is 13.9. The molecule has 2 nitrogen and oxygen atoms in total. The van der Waals surface area contributed by atoms with Crippen molar-refractivity contribution in [1.29, 1.82) is 0 Å². The molecule has 1 aromatic rings. The van der Waals surface area contributed by atoms with E-state index in [1.165, 1.54) is 19.3 Å². The van der Waals surface area contributed by atoms with Gasteiger partial charge in [-0.2, -0.15) is 0 Å². The Morgan fingerprint density at radius 3 is 2.88 bits per heavy atom. The van der Waals surface area contributed by atoms with Gasteiger partial charge < -0.3 is 10.6 Å². The highest BCUT2D eigenvalue weighted by atomic mass is 19.1. The van der Waals surface area contributed by atoms with Crippen molar-refractivity contribution >= 4 is 5.69 Å². The van der Waals surface area contributed by atoms with E-state index < -0.39 is 0 Å². The topological polar surface area (TPSA) is 29.3 Å². The van der Waals surface area contributed by atoms with Crippen LogP contribution in [0.3, 0.4) is 0 Å². The summed E-state index contributed by atoms with van der Waals surface area (Å²) in [4.78, 5) is 2.41. The van der Waals surface area contributed by atoms with Crippen LogP contribution in [0.4, 0.5) is 10.1 Å². The molecule has 1 aliphatic carbocycles. The second kappa shape index (κ2) is 4.30. The highest BCUT2D eigenvalue weighted by Crippen LogP contribution is 2.41. The number of piperidine rings is 1. The van der Waals surface area contributed by atoms with Gasteiger partial charge in [-0.15, -0.1) is 0 Å². The van der Waals surface area contributed by atoms with E-state index in [-0.39, 0.29) is 5.82 Å². The quantitative estimate of drug-likeness (QED) is 0.869. The summed E-state index contributed by atoms with van der Waals surface area (Å²) in [5.41, 5.74) is 7.48. The first-order valence-electron chi connectivity index (χ1n) is 6.53. The Hall–Kier alpha value is -1.09. The molecule has 2 atom stereocenters. The standard InChI is InChI=1S/C14H19FN2/c15-13-2-1-3-14(12(13)6-7-16)17-9-10-4-5-11(17)8-10/h1-3,10-11H,4-9,16H2. The Labute approximate surface area is 102 Å². The molecule has 92 valence electrons. The molecular weight excluding hydrogens is 215 g/mol. The Balaban J connectivity index is 1.94. The first-order chi connectivity index (χ1) is 8.29. The number of halogens is 1. The van der Waals surface area contributed by atoms with Gasteiger partial charge in [0.05, 0.1) is 0 Å². The lowest BCUT2D eigenvalue weighted by Gasteiger charge is -2.31. The molecule has 17 heavy (non-hydrogen) atoms. The maximum Gasteiger partial charge on any atom is 0.128 e. The van der Waals surface area contributed by atoms with Crippen LogP contribution in [-0.4, -0.2) is 19.1 Å². The minimum atomic E-state index is -0.101. The lowest BCUT2D eigenvalue weighted by atomic mass is 10.0. The molecule has 3 heteroatoms. The number of hydrogen-bond acceptors (Lipinski definition) is 2. The number of nitrogens with zero attached hydrogens (tertiary/aromatic N) is 1. The summed E-state index contributed by atoms with van der Waals surface area (Å²) >= 11 is 0. The molecule has 2 bridgehead atoms. The van der Waals surface area contributed by atoms with E-state index in [0.717, 1.165) is 23.7 Å². The first kappa shape index (κ1) is 11.0. The summed E-state index contributed by atoms with van der Waals surface area (Å²) in [6.07, 6.45) is 4.54. The van der Waals surface area contributed by atoms with Gasteiger partial charge >= 0.3 is 0 Å². The number of nitrogens with two attached hydrogens (primary N) is 1. The number of fused-ring (bicyclic) bond motifs is 2. The minimum absolute atomic E-state index is 0.101. The average Bonchev–Trinajstić information content (AvgIpc) is 2.94. The largest absolute Gasteiger partial charge is 0.368 e. The lowest BCUT2D eigenvalue weighted by Crippen LogP contribution is -2.33. The predicted molar refractivity (Wildman–Crippen MR) is 67.6 cm³/mol. The molecule has 2 aliphatic rings. The SMILES string of the molecule is NCCc1c(F)cccc1N1CC2CCC1C2. The van der Waals surface area contributed by atoms with Gasteiger partial charge in [-0.25, -0.2) is 4.39 Å². The zero-order chi connectivity index (χ0) is 11.8. The van der Waals surface area contributed by atoms with Gasteiger partial charge in [0.25, 0.3) is 0 Å². The van der Waals surface area contributed by atoms with Crippen molar-refractivity contribution in [2.75, 3.05) is 18.0 Å². The van der Waals surface area contributed by atoms with E-state index in [1.807, 2.05) is 6.07 Å². The lowest BCUT2D eigenvalue weighted by molar-refractivity contribution is 0.548. The van der Waals surface area contributed by atoms with Crippen molar-refractivity contribution < 1.29 is 4.39 Å². The zero-order valence-corrected chi connectivity index (χ0v) is 10.0. The predicted octanol–water partition coefficient (Wildman–Crippen LogP) is 2.32. The third kappa shape index (κ3) is 1.82. The molecule has 1 heterocycles. The van der Waals surface area contributed by atoms with E-state index in [1.54, 1.807) is 6.07 Å². The van der Waals surface area contributed by atoms with Crippen LogP contribution in [0.15, 0.2) is 18.2 Å². The average molecular weight is 234 g/mol. The highest BCUT2D eigenvalue weighted by molar-refractivity contribution is 5.56. The van der Waals surface area contributed by atoms with Gasteiger partial charge in [0.15, 0.2) is 0 Å². The van der Waals surface area contributed by atoms with Crippen LogP contribution >= 0.6 is 0 Å². The number of hydrogen-bond donors (Lipinski definition) is 1. The van der Waals surface area contributed by atoms with Gasteiger partial charge in [0, 0.05) is 23.8 Å². The highest BCUT2D eigenvalue weighted by Gasteiger charge is 2.38. The molecule has 2 unspecified atom stereocenters. The van der Waals surface area contributed by atoms with Gasteiger partial charge in [0.1, 0.15) is 5.82 Å². The zero-order valence-electron chi connectivity index (χ0n) is 10.0. The molecule has 2 N–H and O–H groups in total. The summed E-state index contributed by atoms with van der Waals surface area (Å²) in [7, 11) is 0. The van der Waals surface area contributed by atoms with Crippen molar-refractivity contribution in [3.63, 3.8) is 0 Å². The van der Waals surface area contributed by atoms with Crippen LogP contribution in [0.1, 0.15) is 24.8 Å². The summed E-state index contributed by atoms with van der Waals surface area (Å²) in [5.74, 6) is 0.727. The molecule has 3 rings (SSSR count). The van der Waals surface area contributed by atoms with Crippen LogP contribution < -0.4 is 10.6 Å². The molecule has 1 aromatic carbocycles. The van der Waals surface area contributed by atoms with Gasteiger partial charge in [-0.1, -0.05) is 6.07 Å². The number of anilines is 1. The molecule has 0 radical (unpaired) electrons. The third-order valence-electron chi connectivity index (χ3n) is 4.21. The fourth-order valence-corrected chi connectivity index (χ4v) is 3.43. The number of rotatable bonds is 3. The van der Waals surface area contributed by atoms with Crippen LogP contribution in [0.2, 0.25) is 0 Å². The normalized spacial score (nSPS) is 26.8. The van der Waals surface area contributed by atoms with Crippen molar-refractivity contribution in [3.05, 3.63) is 29.6 Å². The first-order valence-corrected chi connectivity index (χ1v) is 6.53. The van der Waals surface area contributed by atoms with E-state index in [9.17, 15) is 4.39 Å². The van der Waals surface area contributed by atoms with Crippen molar-refractivity contribution in [2.45, 2.75) is 31.7 Å². The molecule has 0 aromatic heterocycles. The van der Waals surface area contributed by atoms with E-state index in [4.69, 9.17) is 5.73 Å². The summed E-state index contributed by atoms with van der Waals surface area (Å²) < 4.78 is 13.9. The summed E-state index contributed by atoms with van der Waals surface area (Å²) in [5, 5.41) is 0. The van der Waals surface area contributed by atoms with Crippen LogP contribution in [0.5, 0.6) is 0 Å². The van der Waals surface area contributed by atoms with Crippen molar-refractivity contribution in [2.24, 2.45) is 11.7 Å². The van der Waals surface area contributed by atoms with Crippen molar-refractivity contribution in [1.82, 2.24) is 0 Å². The summed E-state index contributed by atoms with van der Waals surface area (Å²) in [6, 6.07) is 6.05. The van der Waals surface area contributed by atoms with Gasteiger partial charge in [-0.3, -0.25) is 0 Å². The van der Waals surface area contributed by atoms with E-state index in [0.29, 0.717) is 19.0 Å². The Morgan fingerprint density at radius 2 is 2.24 bits per heavy atom. The van der Waals surface area contributed by atoms with Crippen LogP contribution in [0.25, 0.3) is 0 Å². The second-order valence-corrected chi connectivity index (χ2v) is 5.26. The van der Waals surface area contributed by atoms with E-state index >= 15 is 0 Å². The van der Waals surface area contributed by atoms with Gasteiger partial charge in [-0.05, 0) is 50.3 Å². The second-order valence-electron chi connectivity index (χ2n) is 5.26. The molecule has 2 fully saturated rings. The minimum Gasteiger partial charge on any atom is -0.368 e. The monoisotopic (exact) mass is 234 g/mol. The molecular formula is C14H19FN2. The third-order valence-corrected chi connectivity index (χ3v) is 4.21. The molecule has 1 saturated carbocycles. The maximum absolute atomic E-state index is 13.9. The van der Waals surface area contributed by atoms with Crippen LogP contribution in [0, 0.1) is 11.7 Å². The molecule has 0 spiro atoms. The van der Waals surface area contributed by atoms with Crippen LogP contribution in [-0.2, 0) is 6.42 Å². The molecule has 0 amide bonds. The Morgan fingerprint density at radius 1 is 1.35 bits per heavy atom. The fourth-order valence-electron chi connectivity index (χ4n) is 3.43. The van der Waals surface area contributed by atoms with E-state index in [2.05, 4.69) is 11.0 Å². The Kier molecular flexibility index (Phi) is 2.79. The smallest absolute Gasteiger partial charge is 0.128 e. The number of benzene rings is 1.